The number of unbranched alkanes of at least 4 members (excludes halogenated alkanes) is 7. The van der Waals surface area contributed by atoms with Crippen LogP contribution in [0.3, 0.4) is 0 Å². The molecule has 8 atom stereocenters. The summed E-state index contributed by atoms with van der Waals surface area (Å²) in [6.07, 6.45) is 29.1. The number of hydrogen-bond acceptors (Lipinski definition) is 1. The lowest BCUT2D eigenvalue weighted by Crippen LogP contribution is -2.50. The first-order valence-corrected chi connectivity index (χ1v) is 18.2. The van der Waals surface area contributed by atoms with E-state index >= 15 is 0 Å². The molecule has 3 saturated carbocycles. The largest absolute Gasteiger partial charge is 0.478 e. The molecule has 0 bridgehead atoms. The van der Waals surface area contributed by atoms with E-state index in [1.807, 2.05) is 0 Å². The minimum Gasteiger partial charge on any atom is -0.478 e. The Hall–Kier alpha value is -1.05. The molecule has 0 aromatic rings. The number of fused-ring (bicyclic) bond motifs is 5. The van der Waals surface area contributed by atoms with Gasteiger partial charge in [0.15, 0.2) is 0 Å². The molecule has 4 aliphatic carbocycles. The molecule has 4 aliphatic rings. The second kappa shape index (κ2) is 14.6. The minimum atomic E-state index is -0.663. The maximum absolute atomic E-state index is 12.4. The first-order chi connectivity index (χ1) is 19.6. The van der Waals surface area contributed by atoms with Gasteiger partial charge in [-0.25, -0.2) is 4.79 Å². The second-order valence-electron chi connectivity index (χ2n) is 16.1. The number of aliphatic carboxylic acids is 1. The number of rotatable bonds is 15. The van der Waals surface area contributed by atoms with Gasteiger partial charge in [-0.15, -0.1) is 0 Å². The number of carboxylic acids is 1. The van der Waals surface area contributed by atoms with E-state index in [1.165, 1.54) is 96.3 Å². The molecule has 0 amide bonds. The fourth-order valence-electron chi connectivity index (χ4n) is 10.7. The summed E-state index contributed by atoms with van der Waals surface area (Å²) in [4.78, 5) is 12.4. The molecule has 1 N–H and O–H groups in total. The zero-order chi connectivity index (χ0) is 29.6. The standard InChI is InChI=1S/C39H66O2/c1-7-8-9-10-11-12-13-14-18-32(37(40)41)30-23-25-38(5)31(27-30)19-20-33-35-22-21-34(29(4)17-15-16-28(2)3)39(35,6)26-24-36(33)38/h18-19,28-30,33-36H,7-17,20-27H2,1-6H3,(H,40,41)/b32-18+/t29-,30+,33+,34-,35+,36+,38+,39-/m1/s1. The highest BCUT2D eigenvalue weighted by molar-refractivity contribution is 5.87. The lowest BCUT2D eigenvalue weighted by molar-refractivity contribution is -0.133. The van der Waals surface area contributed by atoms with Crippen molar-refractivity contribution in [3.8, 4) is 0 Å². The summed E-state index contributed by atoms with van der Waals surface area (Å²) >= 11 is 0. The zero-order valence-corrected chi connectivity index (χ0v) is 28.0. The van der Waals surface area contributed by atoms with Crippen molar-refractivity contribution >= 4 is 5.97 Å². The van der Waals surface area contributed by atoms with Crippen molar-refractivity contribution in [1.82, 2.24) is 0 Å². The Morgan fingerprint density at radius 1 is 0.927 bits per heavy atom. The van der Waals surface area contributed by atoms with Gasteiger partial charge in [-0.2, -0.15) is 0 Å². The van der Waals surface area contributed by atoms with E-state index in [1.54, 1.807) is 5.57 Å². The highest BCUT2D eigenvalue weighted by atomic mass is 16.4. The predicted octanol–water partition coefficient (Wildman–Crippen LogP) is 11.8. The van der Waals surface area contributed by atoms with E-state index < -0.39 is 5.97 Å². The summed E-state index contributed by atoms with van der Waals surface area (Å²) in [5.41, 5.74) is 3.18. The maximum Gasteiger partial charge on any atom is 0.331 e. The van der Waals surface area contributed by atoms with Crippen LogP contribution in [-0.4, -0.2) is 11.1 Å². The topological polar surface area (TPSA) is 37.3 Å². The van der Waals surface area contributed by atoms with E-state index in [0.717, 1.165) is 66.8 Å². The summed E-state index contributed by atoms with van der Waals surface area (Å²) in [5.74, 6) is 4.70. The first kappa shape index (κ1) is 32.9. The molecule has 0 aromatic carbocycles. The van der Waals surface area contributed by atoms with Crippen molar-refractivity contribution in [1.29, 1.82) is 0 Å². The molecule has 2 heteroatoms. The van der Waals surface area contributed by atoms with Crippen LogP contribution < -0.4 is 0 Å². The molecule has 0 unspecified atom stereocenters. The average Bonchev–Trinajstić information content (AvgIpc) is 3.29. The van der Waals surface area contributed by atoms with Crippen molar-refractivity contribution < 1.29 is 9.90 Å². The summed E-state index contributed by atoms with van der Waals surface area (Å²) in [6.45, 7) is 14.9. The SMILES string of the molecule is CCCCCCCCC/C=C(/C(=O)O)[C@H]1CC[C@@]2(C)C(=CC[C@H]3[C@@H]4CC[C@H]([C@H](C)CCCC(C)C)[C@@]4(C)CC[C@@H]32)C1. The van der Waals surface area contributed by atoms with E-state index in [-0.39, 0.29) is 5.92 Å². The van der Waals surface area contributed by atoms with E-state index in [9.17, 15) is 9.90 Å². The Labute approximate surface area is 254 Å². The summed E-state index contributed by atoms with van der Waals surface area (Å²) in [5, 5.41) is 10.2. The highest BCUT2D eigenvalue weighted by Gasteiger charge is 2.59. The Morgan fingerprint density at radius 2 is 1.66 bits per heavy atom. The normalized spacial score (nSPS) is 35.9. The molecule has 2 nitrogen and oxygen atoms in total. The van der Waals surface area contributed by atoms with Gasteiger partial charge in [0.1, 0.15) is 0 Å². The zero-order valence-electron chi connectivity index (χ0n) is 28.0. The van der Waals surface area contributed by atoms with Crippen molar-refractivity contribution in [2.75, 3.05) is 0 Å². The third-order valence-corrected chi connectivity index (χ3v) is 13.2. The number of hydrogen-bond donors (Lipinski definition) is 1. The Kier molecular flexibility index (Phi) is 11.7. The summed E-state index contributed by atoms with van der Waals surface area (Å²) < 4.78 is 0. The molecule has 0 radical (unpaired) electrons. The molecule has 0 spiro atoms. The fourth-order valence-corrected chi connectivity index (χ4v) is 10.7. The lowest BCUT2D eigenvalue weighted by Gasteiger charge is -2.58. The van der Waals surface area contributed by atoms with Gasteiger partial charge in [0, 0.05) is 5.57 Å². The van der Waals surface area contributed by atoms with Crippen LogP contribution in [0.4, 0.5) is 0 Å². The second-order valence-corrected chi connectivity index (χ2v) is 16.1. The monoisotopic (exact) mass is 567 g/mol. The van der Waals surface area contributed by atoms with Gasteiger partial charge in [-0.05, 0) is 116 Å². The highest BCUT2D eigenvalue weighted by Crippen LogP contribution is 2.67. The molecule has 41 heavy (non-hydrogen) atoms. The molecule has 0 aromatic heterocycles. The van der Waals surface area contributed by atoms with Crippen molar-refractivity contribution in [3.05, 3.63) is 23.3 Å². The lowest BCUT2D eigenvalue weighted by atomic mass is 9.46. The van der Waals surface area contributed by atoms with Crippen LogP contribution in [0.25, 0.3) is 0 Å². The van der Waals surface area contributed by atoms with Gasteiger partial charge in [0.25, 0.3) is 0 Å². The van der Waals surface area contributed by atoms with Crippen LogP contribution in [-0.2, 0) is 4.79 Å². The molecule has 3 fully saturated rings. The summed E-state index contributed by atoms with van der Waals surface area (Å²) in [6, 6.07) is 0. The minimum absolute atomic E-state index is 0.212. The van der Waals surface area contributed by atoms with E-state index in [0.29, 0.717) is 10.8 Å². The molecule has 0 saturated heterocycles. The quantitative estimate of drug-likeness (QED) is 0.122. The van der Waals surface area contributed by atoms with Gasteiger partial charge < -0.3 is 5.11 Å². The number of allylic oxidation sites excluding steroid dienone is 3. The van der Waals surface area contributed by atoms with E-state index in [2.05, 4.69) is 53.7 Å². The molecular weight excluding hydrogens is 500 g/mol. The predicted molar refractivity (Wildman–Crippen MR) is 175 cm³/mol. The van der Waals surface area contributed by atoms with Crippen LogP contribution in [0.15, 0.2) is 23.3 Å². The Balaban J connectivity index is 1.37. The molecule has 0 aliphatic heterocycles. The molecule has 0 heterocycles. The van der Waals surface area contributed by atoms with Gasteiger partial charge in [0.05, 0.1) is 0 Å². The molecular formula is C39H66O2. The maximum atomic E-state index is 12.4. The summed E-state index contributed by atoms with van der Waals surface area (Å²) in [7, 11) is 0. The van der Waals surface area contributed by atoms with Gasteiger partial charge >= 0.3 is 5.97 Å². The van der Waals surface area contributed by atoms with Crippen molar-refractivity contribution in [3.63, 3.8) is 0 Å². The van der Waals surface area contributed by atoms with Crippen LogP contribution in [0, 0.1) is 52.3 Å². The first-order valence-electron chi connectivity index (χ1n) is 18.2. The number of carbonyl (C=O) groups is 1. The van der Waals surface area contributed by atoms with Crippen molar-refractivity contribution in [2.24, 2.45) is 52.3 Å². The van der Waals surface area contributed by atoms with Crippen molar-refractivity contribution in [2.45, 2.75) is 164 Å². The third-order valence-electron chi connectivity index (χ3n) is 13.2. The van der Waals surface area contributed by atoms with Crippen LogP contribution >= 0.6 is 0 Å². The van der Waals surface area contributed by atoms with Gasteiger partial charge in [0.2, 0.25) is 0 Å². The average molecular weight is 567 g/mol. The van der Waals surface area contributed by atoms with E-state index in [4.69, 9.17) is 0 Å². The van der Waals surface area contributed by atoms with Crippen LogP contribution in [0.5, 0.6) is 0 Å². The fraction of sp³-hybridized carbons (Fsp3) is 0.872. The molecule has 4 rings (SSSR count). The number of carboxylic acid groups (broad SMARTS) is 1. The smallest absolute Gasteiger partial charge is 0.331 e. The van der Waals surface area contributed by atoms with Gasteiger partial charge in [-0.3, -0.25) is 0 Å². The van der Waals surface area contributed by atoms with Crippen LogP contribution in [0.1, 0.15) is 164 Å². The van der Waals surface area contributed by atoms with Crippen LogP contribution in [0.2, 0.25) is 0 Å². The third kappa shape index (κ3) is 7.37. The Bertz CT molecular complexity index is 913. The Morgan fingerprint density at radius 3 is 2.37 bits per heavy atom. The molecule has 234 valence electrons. The van der Waals surface area contributed by atoms with Gasteiger partial charge in [-0.1, -0.05) is 117 Å².